The second kappa shape index (κ2) is 4.05. The predicted molar refractivity (Wildman–Crippen MR) is 66.5 cm³/mol. The summed E-state index contributed by atoms with van der Waals surface area (Å²) < 4.78 is 0.892. The number of nitrogens with zero attached hydrogens (tertiary/aromatic N) is 3. The molecule has 0 saturated heterocycles. The third-order valence-corrected chi connectivity index (χ3v) is 2.72. The highest BCUT2D eigenvalue weighted by Gasteiger charge is 2.08. The van der Waals surface area contributed by atoms with Gasteiger partial charge in [-0.2, -0.15) is 15.0 Å². The second-order valence-corrected chi connectivity index (χ2v) is 4.21. The van der Waals surface area contributed by atoms with Crippen LogP contribution in [-0.2, 0) is 0 Å². The average Bonchev–Trinajstić information content (AvgIpc) is 2.20. The first-order valence-electron chi connectivity index (χ1n) is 4.60. The number of aromatic nitrogens is 3. The maximum absolute atomic E-state index is 5.53. The molecule has 0 fully saturated rings. The molecular formula is C10H10BrN5. The molecule has 0 aliphatic carbocycles. The zero-order chi connectivity index (χ0) is 11.7. The van der Waals surface area contributed by atoms with Crippen LogP contribution in [0.1, 0.15) is 5.56 Å². The summed E-state index contributed by atoms with van der Waals surface area (Å²) in [5.41, 5.74) is 13.0. The fraction of sp³-hybridized carbons (Fsp3) is 0.100. The first-order valence-corrected chi connectivity index (χ1v) is 5.39. The van der Waals surface area contributed by atoms with Gasteiger partial charge in [-0.15, -0.1) is 0 Å². The summed E-state index contributed by atoms with van der Waals surface area (Å²) in [6.45, 7) is 1.99. The van der Waals surface area contributed by atoms with Crippen LogP contribution in [0.2, 0.25) is 0 Å². The molecule has 5 nitrogen and oxygen atoms in total. The Morgan fingerprint density at radius 2 is 1.69 bits per heavy atom. The van der Waals surface area contributed by atoms with E-state index in [4.69, 9.17) is 11.5 Å². The number of hydrogen-bond donors (Lipinski definition) is 2. The number of nitrogens with two attached hydrogens (primary N) is 2. The fourth-order valence-corrected chi connectivity index (χ4v) is 1.76. The molecule has 1 aromatic heterocycles. The number of rotatable bonds is 1. The molecule has 4 N–H and O–H groups in total. The minimum absolute atomic E-state index is 0.121. The van der Waals surface area contributed by atoms with E-state index >= 15 is 0 Å². The van der Waals surface area contributed by atoms with Crippen molar-refractivity contribution >= 4 is 27.8 Å². The van der Waals surface area contributed by atoms with E-state index in [2.05, 4.69) is 30.9 Å². The molecule has 0 atom stereocenters. The van der Waals surface area contributed by atoms with E-state index in [1.807, 2.05) is 25.1 Å². The highest BCUT2D eigenvalue weighted by Crippen LogP contribution is 2.27. The van der Waals surface area contributed by atoms with Gasteiger partial charge in [0, 0.05) is 10.0 Å². The summed E-state index contributed by atoms with van der Waals surface area (Å²) in [7, 11) is 0. The van der Waals surface area contributed by atoms with Crippen LogP contribution in [0.15, 0.2) is 22.7 Å². The van der Waals surface area contributed by atoms with Gasteiger partial charge in [0.25, 0.3) is 0 Å². The molecule has 0 radical (unpaired) electrons. The molecule has 0 aliphatic rings. The van der Waals surface area contributed by atoms with Crippen LogP contribution in [0.3, 0.4) is 0 Å². The van der Waals surface area contributed by atoms with Gasteiger partial charge < -0.3 is 11.5 Å². The van der Waals surface area contributed by atoms with Crippen molar-refractivity contribution in [2.45, 2.75) is 6.92 Å². The van der Waals surface area contributed by atoms with E-state index in [1.165, 1.54) is 0 Å². The van der Waals surface area contributed by atoms with Gasteiger partial charge >= 0.3 is 0 Å². The van der Waals surface area contributed by atoms with E-state index in [9.17, 15) is 0 Å². The lowest BCUT2D eigenvalue weighted by Gasteiger charge is -2.05. The van der Waals surface area contributed by atoms with Crippen molar-refractivity contribution in [3.05, 3.63) is 28.2 Å². The molecule has 1 aromatic carbocycles. The van der Waals surface area contributed by atoms with E-state index in [0.717, 1.165) is 15.6 Å². The predicted octanol–water partition coefficient (Wildman–Crippen LogP) is 1.77. The summed E-state index contributed by atoms with van der Waals surface area (Å²) in [6.07, 6.45) is 0. The third kappa shape index (κ3) is 2.11. The van der Waals surface area contributed by atoms with Crippen molar-refractivity contribution in [3.8, 4) is 11.4 Å². The van der Waals surface area contributed by atoms with Crippen LogP contribution < -0.4 is 11.5 Å². The molecule has 82 valence electrons. The Bertz CT molecular complexity index is 520. The Kier molecular flexibility index (Phi) is 2.74. The number of benzene rings is 1. The van der Waals surface area contributed by atoms with Crippen LogP contribution in [0.4, 0.5) is 11.9 Å². The lowest BCUT2D eigenvalue weighted by atomic mass is 10.1. The summed E-state index contributed by atoms with van der Waals surface area (Å²) in [4.78, 5) is 11.8. The summed E-state index contributed by atoms with van der Waals surface area (Å²) in [5.74, 6) is 0.715. The molecule has 0 aliphatic heterocycles. The number of nitrogen functional groups attached to an aromatic ring is 2. The average molecular weight is 280 g/mol. The normalized spacial score (nSPS) is 10.4. The van der Waals surface area contributed by atoms with E-state index in [1.54, 1.807) is 0 Å². The quantitative estimate of drug-likeness (QED) is 0.830. The Labute approximate surface area is 101 Å². The summed E-state index contributed by atoms with van der Waals surface area (Å²) in [6, 6.07) is 5.88. The zero-order valence-electron chi connectivity index (χ0n) is 8.61. The fourth-order valence-electron chi connectivity index (χ4n) is 1.34. The van der Waals surface area contributed by atoms with Gasteiger partial charge in [0.1, 0.15) is 0 Å². The minimum Gasteiger partial charge on any atom is -0.368 e. The van der Waals surface area contributed by atoms with Crippen molar-refractivity contribution in [2.24, 2.45) is 0 Å². The van der Waals surface area contributed by atoms with Crippen molar-refractivity contribution in [1.29, 1.82) is 0 Å². The van der Waals surface area contributed by atoms with Crippen LogP contribution in [0, 0.1) is 6.92 Å². The lowest BCUT2D eigenvalue weighted by molar-refractivity contribution is 1.08. The maximum Gasteiger partial charge on any atom is 0.225 e. The van der Waals surface area contributed by atoms with Crippen LogP contribution in [0.25, 0.3) is 11.4 Å². The third-order valence-electron chi connectivity index (χ3n) is 2.03. The Morgan fingerprint density at radius 1 is 1.06 bits per heavy atom. The topological polar surface area (TPSA) is 90.7 Å². The second-order valence-electron chi connectivity index (χ2n) is 3.36. The van der Waals surface area contributed by atoms with Crippen LogP contribution in [0.5, 0.6) is 0 Å². The highest BCUT2D eigenvalue weighted by atomic mass is 79.9. The monoisotopic (exact) mass is 279 g/mol. The van der Waals surface area contributed by atoms with Gasteiger partial charge in [-0.3, -0.25) is 0 Å². The number of halogens is 1. The summed E-state index contributed by atoms with van der Waals surface area (Å²) >= 11 is 3.43. The Balaban J connectivity index is 2.62. The van der Waals surface area contributed by atoms with Crippen LogP contribution >= 0.6 is 15.9 Å². The largest absolute Gasteiger partial charge is 0.368 e. The molecule has 16 heavy (non-hydrogen) atoms. The van der Waals surface area contributed by atoms with Gasteiger partial charge in [-0.05, 0) is 19.1 Å². The van der Waals surface area contributed by atoms with E-state index in [-0.39, 0.29) is 11.9 Å². The molecule has 2 rings (SSSR count). The number of hydrogen-bond acceptors (Lipinski definition) is 5. The molecule has 0 bridgehead atoms. The Hall–Kier alpha value is -1.69. The molecule has 1 heterocycles. The zero-order valence-corrected chi connectivity index (χ0v) is 10.2. The minimum atomic E-state index is 0.121. The van der Waals surface area contributed by atoms with E-state index < -0.39 is 0 Å². The van der Waals surface area contributed by atoms with Crippen LogP contribution in [-0.4, -0.2) is 15.0 Å². The SMILES string of the molecule is Cc1ccc(Br)c(-c2nc(N)nc(N)n2)c1. The van der Waals surface area contributed by atoms with Gasteiger partial charge in [-0.25, -0.2) is 0 Å². The lowest BCUT2D eigenvalue weighted by Crippen LogP contribution is -2.04. The molecule has 0 spiro atoms. The molecule has 0 amide bonds. The highest BCUT2D eigenvalue weighted by molar-refractivity contribution is 9.10. The molecule has 0 unspecified atom stereocenters. The van der Waals surface area contributed by atoms with Crippen molar-refractivity contribution in [3.63, 3.8) is 0 Å². The first-order chi connectivity index (χ1) is 7.56. The maximum atomic E-state index is 5.53. The standard InChI is InChI=1S/C10H10BrN5/c1-5-2-3-7(11)6(4-5)8-14-9(12)16-10(13)15-8/h2-4H,1H3,(H4,12,13,14,15,16). The van der Waals surface area contributed by atoms with Gasteiger partial charge in [0.15, 0.2) is 5.82 Å². The van der Waals surface area contributed by atoms with Gasteiger partial charge in [0.2, 0.25) is 11.9 Å². The van der Waals surface area contributed by atoms with Crippen molar-refractivity contribution in [2.75, 3.05) is 11.5 Å². The van der Waals surface area contributed by atoms with Gasteiger partial charge in [-0.1, -0.05) is 27.6 Å². The molecule has 0 saturated carbocycles. The van der Waals surface area contributed by atoms with E-state index in [0.29, 0.717) is 5.82 Å². The van der Waals surface area contributed by atoms with Crippen molar-refractivity contribution < 1.29 is 0 Å². The molecular weight excluding hydrogens is 270 g/mol. The molecule has 6 heteroatoms. The first kappa shape index (κ1) is 10.8. The smallest absolute Gasteiger partial charge is 0.225 e. The van der Waals surface area contributed by atoms with Crippen molar-refractivity contribution in [1.82, 2.24) is 15.0 Å². The Morgan fingerprint density at radius 3 is 2.31 bits per heavy atom. The number of anilines is 2. The van der Waals surface area contributed by atoms with Gasteiger partial charge in [0.05, 0.1) is 0 Å². The molecule has 2 aromatic rings. The summed E-state index contributed by atoms with van der Waals surface area (Å²) in [5, 5.41) is 0. The number of aryl methyl sites for hydroxylation is 1.